The zero-order valence-corrected chi connectivity index (χ0v) is 16.9. The van der Waals surface area contributed by atoms with Gasteiger partial charge in [-0.1, -0.05) is 36.8 Å². The molecule has 0 saturated carbocycles. The van der Waals surface area contributed by atoms with Crippen LogP contribution in [0, 0.1) is 0 Å². The van der Waals surface area contributed by atoms with E-state index in [0.29, 0.717) is 18.5 Å². The Labute approximate surface area is 172 Å². The summed E-state index contributed by atoms with van der Waals surface area (Å²) in [6.45, 7) is 5.18. The minimum absolute atomic E-state index is 0.295. The summed E-state index contributed by atoms with van der Waals surface area (Å²) in [5.74, 6) is 1.59. The molecule has 2 aromatic carbocycles. The molecule has 0 atom stereocenters. The molecule has 1 saturated heterocycles. The molecule has 2 N–H and O–H groups in total. The smallest absolute Gasteiger partial charge is 0.231 e. The number of benzene rings is 2. The normalized spacial score (nSPS) is 16.0. The zero-order valence-electron chi connectivity index (χ0n) is 16.1. The minimum atomic E-state index is 0.295. The van der Waals surface area contributed by atoms with Crippen LogP contribution in [-0.4, -0.2) is 29.9 Å². The number of nitrogens with zero attached hydrogens (tertiary/aromatic N) is 1. The highest BCUT2D eigenvalue weighted by Gasteiger charge is 2.13. The van der Waals surface area contributed by atoms with E-state index in [0.717, 1.165) is 30.2 Å². The third kappa shape index (κ3) is 5.14. The van der Waals surface area contributed by atoms with Gasteiger partial charge in [0.15, 0.2) is 16.6 Å². The van der Waals surface area contributed by atoms with E-state index in [1.807, 2.05) is 18.2 Å². The van der Waals surface area contributed by atoms with Gasteiger partial charge in [0.1, 0.15) is 0 Å². The van der Waals surface area contributed by atoms with Crippen LogP contribution in [0.5, 0.6) is 11.5 Å². The molecule has 2 aromatic rings. The number of thiocarbonyl (C=S) groups is 1. The van der Waals surface area contributed by atoms with Crippen molar-refractivity contribution in [3.05, 3.63) is 59.2 Å². The van der Waals surface area contributed by atoms with Gasteiger partial charge in [-0.25, -0.2) is 0 Å². The Bertz CT molecular complexity index is 804. The highest BCUT2D eigenvalue weighted by Crippen LogP contribution is 2.32. The van der Waals surface area contributed by atoms with Gasteiger partial charge in [0.25, 0.3) is 0 Å². The Morgan fingerprint density at radius 2 is 1.46 bits per heavy atom. The molecule has 5 nitrogen and oxygen atoms in total. The van der Waals surface area contributed by atoms with Crippen molar-refractivity contribution in [3.8, 4) is 11.5 Å². The molecule has 4 rings (SSSR count). The van der Waals surface area contributed by atoms with Gasteiger partial charge in [0.05, 0.1) is 0 Å². The lowest BCUT2D eigenvalue weighted by Gasteiger charge is -2.26. The van der Waals surface area contributed by atoms with Gasteiger partial charge in [0.2, 0.25) is 6.79 Å². The van der Waals surface area contributed by atoms with Crippen molar-refractivity contribution in [1.82, 2.24) is 15.5 Å². The van der Waals surface area contributed by atoms with E-state index in [-0.39, 0.29) is 0 Å². The van der Waals surface area contributed by atoms with Gasteiger partial charge < -0.3 is 20.1 Å². The van der Waals surface area contributed by atoms with Gasteiger partial charge in [0, 0.05) is 19.6 Å². The molecular formula is C22H27N3O2S. The molecule has 0 aromatic heterocycles. The van der Waals surface area contributed by atoms with Gasteiger partial charge in [-0.05, 0) is 67.0 Å². The fourth-order valence-electron chi connectivity index (χ4n) is 3.62. The zero-order chi connectivity index (χ0) is 19.2. The van der Waals surface area contributed by atoms with Gasteiger partial charge in [-0.2, -0.15) is 0 Å². The lowest BCUT2D eigenvalue weighted by molar-refractivity contribution is 0.174. The fraction of sp³-hybridized carbons (Fsp3) is 0.409. The molecule has 1 fully saturated rings. The van der Waals surface area contributed by atoms with E-state index < -0.39 is 0 Å². The number of ether oxygens (including phenoxy) is 2. The van der Waals surface area contributed by atoms with Crippen LogP contribution in [0.1, 0.15) is 36.0 Å². The second-order valence-corrected chi connectivity index (χ2v) is 7.79. The topological polar surface area (TPSA) is 45.8 Å². The van der Waals surface area contributed by atoms with Crippen LogP contribution in [0.4, 0.5) is 0 Å². The van der Waals surface area contributed by atoms with Crippen LogP contribution < -0.4 is 20.1 Å². The van der Waals surface area contributed by atoms with Crippen molar-refractivity contribution < 1.29 is 9.47 Å². The average molecular weight is 398 g/mol. The SMILES string of the molecule is S=C(NCc1ccc(CN2CCCCC2)cc1)NCc1ccc2c(c1)OCO2. The molecule has 2 aliphatic rings. The highest BCUT2D eigenvalue weighted by atomic mass is 32.1. The molecule has 0 unspecified atom stereocenters. The molecule has 0 spiro atoms. The second-order valence-electron chi connectivity index (χ2n) is 7.38. The van der Waals surface area contributed by atoms with Gasteiger partial charge >= 0.3 is 0 Å². The minimum Gasteiger partial charge on any atom is -0.454 e. The van der Waals surface area contributed by atoms with Crippen molar-refractivity contribution in [2.75, 3.05) is 19.9 Å². The number of nitrogens with one attached hydrogen (secondary N) is 2. The number of rotatable bonds is 6. The first-order chi connectivity index (χ1) is 13.8. The first-order valence-corrected chi connectivity index (χ1v) is 10.4. The van der Waals surface area contributed by atoms with Crippen LogP contribution in [0.3, 0.4) is 0 Å². The largest absolute Gasteiger partial charge is 0.454 e. The van der Waals surface area contributed by atoms with E-state index in [1.54, 1.807) is 0 Å². The summed E-state index contributed by atoms with van der Waals surface area (Å²) < 4.78 is 10.7. The Morgan fingerprint density at radius 3 is 2.25 bits per heavy atom. The number of hydrogen-bond donors (Lipinski definition) is 2. The monoisotopic (exact) mass is 397 g/mol. The third-order valence-corrected chi connectivity index (χ3v) is 5.51. The Kier molecular flexibility index (Phi) is 6.29. The van der Waals surface area contributed by atoms with E-state index >= 15 is 0 Å². The predicted octanol–water partition coefficient (Wildman–Crippen LogP) is 3.57. The summed E-state index contributed by atoms with van der Waals surface area (Å²) in [6.07, 6.45) is 4.04. The fourth-order valence-corrected chi connectivity index (χ4v) is 3.76. The average Bonchev–Trinajstić information content (AvgIpc) is 3.20. The molecule has 0 aliphatic carbocycles. The molecule has 0 radical (unpaired) electrons. The number of fused-ring (bicyclic) bond motifs is 1. The maximum atomic E-state index is 5.41. The lowest BCUT2D eigenvalue weighted by atomic mass is 10.1. The molecule has 2 aliphatic heterocycles. The van der Waals surface area contributed by atoms with Crippen LogP contribution in [0.25, 0.3) is 0 Å². The standard InChI is InChI=1S/C22H27N3O2S/c28-22(24-14-19-8-9-20-21(12-19)27-16-26-20)23-13-17-4-6-18(7-5-17)15-25-10-2-1-3-11-25/h4-9,12H,1-3,10-11,13-16H2,(H2,23,24,28). The Balaban J connectivity index is 1.20. The van der Waals surface area contributed by atoms with Crippen molar-refractivity contribution >= 4 is 17.3 Å². The number of hydrogen-bond acceptors (Lipinski definition) is 4. The Hall–Kier alpha value is -2.31. The van der Waals surface area contributed by atoms with Gasteiger partial charge in [-0.15, -0.1) is 0 Å². The van der Waals surface area contributed by atoms with Gasteiger partial charge in [-0.3, -0.25) is 4.90 Å². The van der Waals surface area contributed by atoms with E-state index in [9.17, 15) is 0 Å². The number of likely N-dealkylation sites (tertiary alicyclic amines) is 1. The summed E-state index contributed by atoms with van der Waals surface area (Å²) >= 11 is 5.40. The molecule has 148 valence electrons. The molecular weight excluding hydrogens is 370 g/mol. The highest BCUT2D eigenvalue weighted by molar-refractivity contribution is 7.80. The van der Waals surface area contributed by atoms with E-state index in [4.69, 9.17) is 21.7 Å². The van der Waals surface area contributed by atoms with E-state index in [2.05, 4.69) is 39.8 Å². The summed E-state index contributed by atoms with van der Waals surface area (Å²) in [5.41, 5.74) is 3.72. The van der Waals surface area contributed by atoms with Crippen LogP contribution in [0.2, 0.25) is 0 Å². The summed E-state index contributed by atoms with van der Waals surface area (Å²) in [5, 5.41) is 7.17. The third-order valence-electron chi connectivity index (χ3n) is 5.22. The first-order valence-electron chi connectivity index (χ1n) is 9.97. The molecule has 0 bridgehead atoms. The summed E-state index contributed by atoms with van der Waals surface area (Å²) in [4.78, 5) is 2.55. The number of piperidine rings is 1. The van der Waals surface area contributed by atoms with Crippen LogP contribution in [-0.2, 0) is 19.6 Å². The lowest BCUT2D eigenvalue weighted by Crippen LogP contribution is -2.34. The first kappa shape index (κ1) is 19.0. The molecule has 6 heteroatoms. The van der Waals surface area contributed by atoms with Crippen molar-refractivity contribution in [2.45, 2.75) is 38.9 Å². The van der Waals surface area contributed by atoms with Crippen molar-refractivity contribution in [3.63, 3.8) is 0 Å². The maximum Gasteiger partial charge on any atom is 0.231 e. The van der Waals surface area contributed by atoms with Crippen LogP contribution in [0.15, 0.2) is 42.5 Å². The van der Waals surface area contributed by atoms with Crippen LogP contribution >= 0.6 is 12.2 Å². The molecule has 2 heterocycles. The van der Waals surface area contributed by atoms with E-state index in [1.165, 1.54) is 43.5 Å². The van der Waals surface area contributed by atoms with Crippen molar-refractivity contribution in [1.29, 1.82) is 0 Å². The van der Waals surface area contributed by atoms with Crippen molar-refractivity contribution in [2.24, 2.45) is 0 Å². The summed E-state index contributed by atoms with van der Waals surface area (Å²) in [7, 11) is 0. The quantitative estimate of drug-likeness (QED) is 0.727. The maximum absolute atomic E-state index is 5.41. The Morgan fingerprint density at radius 1 is 0.821 bits per heavy atom. The second kappa shape index (κ2) is 9.26. The predicted molar refractivity (Wildman–Crippen MR) is 114 cm³/mol. The molecule has 28 heavy (non-hydrogen) atoms. The summed E-state index contributed by atoms with van der Waals surface area (Å²) in [6, 6.07) is 14.8. The molecule has 0 amide bonds.